The van der Waals surface area contributed by atoms with Gasteiger partial charge >= 0.3 is 0 Å². The van der Waals surface area contributed by atoms with Crippen molar-refractivity contribution in [3.05, 3.63) is 54.7 Å². The fourth-order valence-electron chi connectivity index (χ4n) is 4.01. The summed E-state index contributed by atoms with van der Waals surface area (Å²) in [5.41, 5.74) is 3.41. The molecule has 1 aliphatic rings. The van der Waals surface area contributed by atoms with Crippen molar-refractivity contribution in [1.29, 1.82) is 0 Å². The number of benzene rings is 1. The molecule has 4 aromatic rings. The number of halogens is 1. The molecule has 1 saturated heterocycles. The Bertz CT molecular complexity index is 1310. The first kappa shape index (κ1) is 21.1. The maximum absolute atomic E-state index is 14.6. The number of methoxy groups -OCH3 is 1. The summed E-state index contributed by atoms with van der Waals surface area (Å²) >= 11 is 0. The van der Waals surface area contributed by atoms with Crippen molar-refractivity contribution in [2.75, 3.05) is 44.5 Å². The lowest BCUT2D eigenvalue weighted by atomic mass is 10.1. The molecule has 1 aliphatic heterocycles. The minimum absolute atomic E-state index is 0.191. The number of rotatable bonds is 6. The molecule has 1 aromatic carbocycles. The van der Waals surface area contributed by atoms with E-state index in [1.807, 2.05) is 48.1 Å². The molecule has 4 heterocycles. The Labute approximate surface area is 191 Å². The third kappa shape index (κ3) is 3.95. The molecule has 0 saturated carbocycles. The van der Waals surface area contributed by atoms with Crippen LogP contribution in [0.4, 0.5) is 21.7 Å². The maximum atomic E-state index is 14.6. The molecular formula is C24H26FN7O. The summed E-state index contributed by atoms with van der Waals surface area (Å²) in [5, 5.41) is 4.08. The zero-order valence-electron chi connectivity index (χ0n) is 19.1. The molecule has 3 aromatic heterocycles. The molecule has 0 aliphatic carbocycles. The number of likely N-dealkylation sites (N-methyl/N-ethyl adjacent to an activating group) is 1. The topological polar surface area (TPSA) is 71.3 Å². The molecule has 1 N–H and O–H groups in total. The number of aryl methyl sites for hydroxylation is 1. The fourth-order valence-corrected chi connectivity index (χ4v) is 4.01. The molecule has 0 bridgehead atoms. The van der Waals surface area contributed by atoms with Gasteiger partial charge in [0, 0.05) is 61.3 Å². The van der Waals surface area contributed by atoms with Crippen molar-refractivity contribution in [3.8, 4) is 17.0 Å². The number of ether oxygens (including phenoxy) is 1. The molecule has 5 rings (SSSR count). The molecule has 0 radical (unpaired) electrons. The summed E-state index contributed by atoms with van der Waals surface area (Å²) < 4.78 is 22.1. The zero-order valence-corrected chi connectivity index (χ0v) is 19.1. The van der Waals surface area contributed by atoms with Crippen LogP contribution < -0.4 is 15.0 Å². The van der Waals surface area contributed by atoms with Gasteiger partial charge in [0.2, 0.25) is 5.95 Å². The largest absolute Gasteiger partial charge is 0.494 e. The van der Waals surface area contributed by atoms with Crippen LogP contribution in [0.2, 0.25) is 0 Å². The molecule has 0 amide bonds. The first-order valence-corrected chi connectivity index (χ1v) is 10.7. The third-order valence-corrected chi connectivity index (χ3v) is 6.11. The van der Waals surface area contributed by atoms with Crippen molar-refractivity contribution in [2.24, 2.45) is 7.05 Å². The first-order valence-electron chi connectivity index (χ1n) is 10.7. The van der Waals surface area contributed by atoms with Crippen LogP contribution in [0.3, 0.4) is 0 Å². The van der Waals surface area contributed by atoms with Gasteiger partial charge in [0.1, 0.15) is 17.1 Å². The van der Waals surface area contributed by atoms with Crippen molar-refractivity contribution >= 4 is 28.4 Å². The van der Waals surface area contributed by atoms with Crippen molar-refractivity contribution in [3.63, 3.8) is 0 Å². The van der Waals surface area contributed by atoms with Gasteiger partial charge in [0.15, 0.2) is 5.82 Å². The second-order valence-electron chi connectivity index (χ2n) is 8.49. The SMILES string of the molecule is COc1cc(N2CC(N(C)C)C2)ccc1Nc1ncc(F)c(-c2cnc3c(ccn3C)c2)n1. The first-order chi connectivity index (χ1) is 15.9. The molecule has 0 spiro atoms. The van der Waals surface area contributed by atoms with E-state index in [4.69, 9.17) is 4.74 Å². The monoisotopic (exact) mass is 447 g/mol. The van der Waals surface area contributed by atoms with Gasteiger partial charge in [0.25, 0.3) is 0 Å². The highest BCUT2D eigenvalue weighted by Gasteiger charge is 2.28. The highest BCUT2D eigenvalue weighted by molar-refractivity contribution is 5.81. The van der Waals surface area contributed by atoms with E-state index in [1.54, 1.807) is 13.3 Å². The standard InChI is InChI=1S/C24H26FN7O/c1-30(2)18-13-32(14-18)17-5-6-20(21(10-17)33-4)28-24-27-12-19(25)22(29-24)16-9-15-7-8-31(3)23(15)26-11-16/h5-12,18H,13-14H2,1-4H3,(H,27,28,29). The van der Waals surface area contributed by atoms with E-state index in [1.165, 1.54) is 6.20 Å². The van der Waals surface area contributed by atoms with Gasteiger partial charge in [-0.1, -0.05) is 0 Å². The second-order valence-corrected chi connectivity index (χ2v) is 8.49. The number of nitrogens with one attached hydrogen (secondary N) is 1. The Balaban J connectivity index is 1.40. The van der Waals surface area contributed by atoms with Crippen molar-refractivity contribution in [2.45, 2.75) is 6.04 Å². The van der Waals surface area contributed by atoms with Gasteiger partial charge in [-0.15, -0.1) is 0 Å². The fraction of sp³-hybridized carbons (Fsp3) is 0.292. The Hall–Kier alpha value is -3.72. The van der Waals surface area contributed by atoms with Crippen molar-refractivity contribution < 1.29 is 9.13 Å². The summed E-state index contributed by atoms with van der Waals surface area (Å²) in [4.78, 5) is 17.5. The average Bonchev–Trinajstić information content (AvgIpc) is 3.14. The zero-order chi connectivity index (χ0) is 23.1. The lowest BCUT2D eigenvalue weighted by Gasteiger charge is -2.44. The minimum atomic E-state index is -0.506. The van der Waals surface area contributed by atoms with E-state index >= 15 is 0 Å². The van der Waals surface area contributed by atoms with Crippen molar-refractivity contribution in [1.82, 2.24) is 24.4 Å². The summed E-state index contributed by atoms with van der Waals surface area (Å²) in [7, 11) is 7.74. The number of fused-ring (bicyclic) bond motifs is 1. The number of aromatic nitrogens is 4. The molecular weight excluding hydrogens is 421 g/mol. The quantitative estimate of drug-likeness (QED) is 0.484. The van der Waals surface area contributed by atoms with Crippen LogP contribution in [0, 0.1) is 5.82 Å². The van der Waals surface area contributed by atoms with Crippen LogP contribution in [0.25, 0.3) is 22.3 Å². The number of anilines is 3. The van der Waals surface area contributed by atoms with E-state index in [-0.39, 0.29) is 11.6 Å². The minimum Gasteiger partial charge on any atom is -0.494 e. The summed E-state index contributed by atoms with van der Waals surface area (Å²) in [5.74, 6) is 0.443. The van der Waals surface area contributed by atoms with Crippen LogP contribution in [0.5, 0.6) is 5.75 Å². The van der Waals surface area contributed by atoms with Gasteiger partial charge < -0.3 is 24.4 Å². The molecule has 1 fully saturated rings. The predicted octanol–water partition coefficient (Wildman–Crippen LogP) is 3.67. The Morgan fingerprint density at radius 3 is 2.70 bits per heavy atom. The van der Waals surface area contributed by atoms with E-state index in [0.717, 1.165) is 29.8 Å². The molecule has 33 heavy (non-hydrogen) atoms. The molecule has 170 valence electrons. The van der Waals surface area contributed by atoms with E-state index in [2.05, 4.69) is 44.2 Å². The summed E-state index contributed by atoms with van der Waals surface area (Å²) in [6, 6.07) is 10.3. The second kappa shape index (κ2) is 8.32. The summed E-state index contributed by atoms with van der Waals surface area (Å²) in [6.45, 7) is 1.96. The third-order valence-electron chi connectivity index (χ3n) is 6.11. The van der Waals surface area contributed by atoms with Gasteiger partial charge in [-0.25, -0.2) is 19.3 Å². The van der Waals surface area contributed by atoms with E-state index < -0.39 is 5.82 Å². The molecule has 0 atom stereocenters. The lowest BCUT2D eigenvalue weighted by molar-refractivity contribution is 0.247. The highest BCUT2D eigenvalue weighted by Crippen LogP contribution is 2.34. The Morgan fingerprint density at radius 2 is 1.94 bits per heavy atom. The highest BCUT2D eigenvalue weighted by atomic mass is 19.1. The van der Waals surface area contributed by atoms with Gasteiger partial charge in [-0.2, -0.15) is 0 Å². The normalized spacial score (nSPS) is 14.1. The van der Waals surface area contributed by atoms with Gasteiger partial charge in [-0.3, -0.25) is 0 Å². The Morgan fingerprint density at radius 1 is 1.12 bits per heavy atom. The predicted molar refractivity (Wildman–Crippen MR) is 128 cm³/mol. The smallest absolute Gasteiger partial charge is 0.228 e. The molecule has 9 heteroatoms. The van der Waals surface area contributed by atoms with E-state index in [0.29, 0.717) is 23.0 Å². The Kier molecular flexibility index (Phi) is 5.33. The number of nitrogens with zero attached hydrogens (tertiary/aromatic N) is 6. The van der Waals surface area contributed by atoms with Crippen LogP contribution in [0.1, 0.15) is 0 Å². The van der Waals surface area contributed by atoms with E-state index in [9.17, 15) is 4.39 Å². The van der Waals surface area contributed by atoms with Crippen LogP contribution in [0.15, 0.2) is 48.9 Å². The maximum Gasteiger partial charge on any atom is 0.228 e. The number of hydrogen-bond donors (Lipinski definition) is 1. The lowest BCUT2D eigenvalue weighted by Crippen LogP contribution is -2.57. The number of hydrogen-bond acceptors (Lipinski definition) is 7. The molecule has 0 unspecified atom stereocenters. The average molecular weight is 448 g/mol. The van der Waals surface area contributed by atoms with Gasteiger partial charge in [0.05, 0.1) is 19.0 Å². The summed E-state index contributed by atoms with van der Waals surface area (Å²) in [6.07, 6.45) is 4.71. The van der Waals surface area contributed by atoms with Gasteiger partial charge in [-0.05, 0) is 38.4 Å². The van der Waals surface area contributed by atoms with Crippen LogP contribution in [-0.2, 0) is 7.05 Å². The van der Waals surface area contributed by atoms with Crippen LogP contribution in [-0.4, -0.2) is 64.8 Å². The number of pyridine rings is 1. The van der Waals surface area contributed by atoms with Crippen LogP contribution >= 0.6 is 0 Å². The molecule has 8 nitrogen and oxygen atoms in total.